The van der Waals surface area contributed by atoms with Gasteiger partial charge in [0.25, 0.3) is 0 Å². The molecule has 15 heavy (non-hydrogen) atoms. The van der Waals surface area contributed by atoms with Crippen LogP contribution in [0.5, 0.6) is 0 Å². The molecule has 1 nitrogen and oxygen atoms in total. The Kier molecular flexibility index (Phi) is 4.58. The van der Waals surface area contributed by atoms with Gasteiger partial charge in [0.15, 0.2) is 0 Å². The van der Waals surface area contributed by atoms with Gasteiger partial charge in [-0.1, -0.05) is 13.8 Å². The van der Waals surface area contributed by atoms with E-state index in [1.807, 2.05) is 6.92 Å². The predicted octanol–water partition coefficient (Wildman–Crippen LogP) is 4.50. The second-order valence-corrected chi connectivity index (χ2v) is 4.59. The fraction of sp³-hybridized carbons (Fsp3) is 0.500. The maximum atomic E-state index is 13.3. The molecule has 0 saturated heterocycles. The summed E-state index contributed by atoms with van der Waals surface area (Å²) in [6.45, 7) is 6.24. The van der Waals surface area contributed by atoms with Crippen LogP contribution in [-0.2, 0) is 0 Å². The first-order valence-corrected chi connectivity index (χ1v) is 6.10. The SMILES string of the molecule is CCC(CC)Nc1cc(F)c(Br)cc1C. The zero-order valence-corrected chi connectivity index (χ0v) is 11.0. The largest absolute Gasteiger partial charge is 0.382 e. The minimum absolute atomic E-state index is 0.214. The maximum absolute atomic E-state index is 13.3. The Hall–Kier alpha value is -0.570. The second-order valence-electron chi connectivity index (χ2n) is 3.74. The minimum Gasteiger partial charge on any atom is -0.382 e. The molecular weight excluding hydrogens is 257 g/mol. The van der Waals surface area contributed by atoms with Gasteiger partial charge >= 0.3 is 0 Å². The Balaban J connectivity index is 2.89. The number of nitrogens with one attached hydrogen (secondary N) is 1. The highest BCUT2D eigenvalue weighted by Gasteiger charge is 2.08. The molecule has 0 saturated carbocycles. The Labute approximate surface area is 99.2 Å². The van der Waals surface area contributed by atoms with Crippen LogP contribution in [0.2, 0.25) is 0 Å². The van der Waals surface area contributed by atoms with Gasteiger partial charge in [0.1, 0.15) is 5.82 Å². The molecule has 0 fully saturated rings. The van der Waals surface area contributed by atoms with E-state index in [9.17, 15) is 4.39 Å². The van der Waals surface area contributed by atoms with Gasteiger partial charge in [-0.15, -0.1) is 0 Å². The van der Waals surface area contributed by atoms with Crippen molar-refractivity contribution in [3.8, 4) is 0 Å². The van der Waals surface area contributed by atoms with E-state index in [1.54, 1.807) is 12.1 Å². The minimum atomic E-state index is -0.214. The van der Waals surface area contributed by atoms with Crippen LogP contribution in [-0.4, -0.2) is 6.04 Å². The van der Waals surface area contributed by atoms with Crippen molar-refractivity contribution < 1.29 is 4.39 Å². The third-order valence-electron chi connectivity index (χ3n) is 2.61. The normalized spacial score (nSPS) is 10.8. The molecule has 0 heterocycles. The number of aryl methyl sites for hydroxylation is 1. The van der Waals surface area contributed by atoms with E-state index in [2.05, 4.69) is 35.1 Å². The van der Waals surface area contributed by atoms with Crippen LogP contribution in [0.15, 0.2) is 16.6 Å². The molecule has 1 rings (SSSR count). The lowest BCUT2D eigenvalue weighted by molar-refractivity contribution is 0.618. The molecule has 0 unspecified atom stereocenters. The molecule has 0 radical (unpaired) electrons. The second kappa shape index (κ2) is 5.50. The van der Waals surface area contributed by atoms with Gasteiger partial charge in [-0.2, -0.15) is 0 Å². The average Bonchev–Trinajstić information content (AvgIpc) is 2.21. The van der Waals surface area contributed by atoms with Gasteiger partial charge in [0.2, 0.25) is 0 Å². The van der Waals surface area contributed by atoms with E-state index in [0.29, 0.717) is 10.5 Å². The van der Waals surface area contributed by atoms with Crippen LogP contribution in [0.3, 0.4) is 0 Å². The van der Waals surface area contributed by atoms with Gasteiger partial charge < -0.3 is 5.32 Å². The van der Waals surface area contributed by atoms with Gasteiger partial charge in [0.05, 0.1) is 4.47 Å². The lowest BCUT2D eigenvalue weighted by Gasteiger charge is -2.18. The van der Waals surface area contributed by atoms with Crippen LogP contribution < -0.4 is 5.32 Å². The summed E-state index contributed by atoms with van der Waals surface area (Å²) in [5.41, 5.74) is 1.96. The highest BCUT2D eigenvalue weighted by molar-refractivity contribution is 9.10. The highest BCUT2D eigenvalue weighted by atomic mass is 79.9. The number of benzene rings is 1. The quantitative estimate of drug-likeness (QED) is 0.852. The summed E-state index contributed by atoms with van der Waals surface area (Å²) in [5.74, 6) is -0.214. The topological polar surface area (TPSA) is 12.0 Å². The zero-order chi connectivity index (χ0) is 11.4. The van der Waals surface area contributed by atoms with Gasteiger partial charge in [-0.3, -0.25) is 0 Å². The lowest BCUT2D eigenvalue weighted by Crippen LogP contribution is -2.17. The Bertz CT molecular complexity index is 335. The molecule has 0 aromatic heterocycles. The molecule has 0 atom stereocenters. The van der Waals surface area contributed by atoms with Crippen LogP contribution in [0, 0.1) is 12.7 Å². The lowest BCUT2D eigenvalue weighted by atomic mass is 10.1. The van der Waals surface area contributed by atoms with Crippen molar-refractivity contribution in [3.63, 3.8) is 0 Å². The highest BCUT2D eigenvalue weighted by Crippen LogP contribution is 2.25. The van der Waals surface area contributed by atoms with Crippen molar-refractivity contribution in [2.45, 2.75) is 39.7 Å². The van der Waals surface area contributed by atoms with Gasteiger partial charge in [-0.25, -0.2) is 4.39 Å². The summed E-state index contributed by atoms with van der Waals surface area (Å²) in [5, 5.41) is 3.35. The Morgan fingerprint density at radius 3 is 2.47 bits per heavy atom. The summed E-state index contributed by atoms with van der Waals surface area (Å²) in [7, 11) is 0. The summed E-state index contributed by atoms with van der Waals surface area (Å²) in [6, 6.07) is 3.78. The third kappa shape index (κ3) is 3.20. The average molecular weight is 274 g/mol. The zero-order valence-electron chi connectivity index (χ0n) is 9.40. The molecule has 3 heteroatoms. The summed E-state index contributed by atoms with van der Waals surface area (Å²) >= 11 is 3.18. The fourth-order valence-electron chi connectivity index (χ4n) is 1.51. The van der Waals surface area contributed by atoms with Crippen LogP contribution in [0.1, 0.15) is 32.3 Å². The third-order valence-corrected chi connectivity index (χ3v) is 3.22. The number of rotatable bonds is 4. The molecular formula is C12H17BrFN. The molecule has 0 aliphatic carbocycles. The van der Waals surface area contributed by atoms with Crippen LogP contribution >= 0.6 is 15.9 Å². The molecule has 1 aromatic carbocycles. The van der Waals surface area contributed by atoms with Crippen molar-refractivity contribution in [2.75, 3.05) is 5.32 Å². The van der Waals surface area contributed by atoms with E-state index in [1.165, 1.54) is 0 Å². The number of hydrogen-bond acceptors (Lipinski definition) is 1. The maximum Gasteiger partial charge on any atom is 0.139 e. The molecule has 0 aliphatic heterocycles. The molecule has 0 spiro atoms. The molecule has 84 valence electrons. The van der Waals surface area contributed by atoms with E-state index in [-0.39, 0.29) is 5.82 Å². The van der Waals surface area contributed by atoms with Crippen LogP contribution in [0.25, 0.3) is 0 Å². The summed E-state index contributed by atoms with van der Waals surface area (Å²) in [4.78, 5) is 0. The van der Waals surface area contributed by atoms with E-state index in [4.69, 9.17) is 0 Å². The van der Waals surface area contributed by atoms with E-state index >= 15 is 0 Å². The molecule has 0 bridgehead atoms. The smallest absolute Gasteiger partial charge is 0.139 e. The number of halogens is 2. The first kappa shape index (κ1) is 12.5. The van der Waals surface area contributed by atoms with E-state index in [0.717, 1.165) is 24.1 Å². The number of anilines is 1. The summed E-state index contributed by atoms with van der Waals surface area (Å²) < 4.78 is 13.9. The Morgan fingerprint density at radius 2 is 1.93 bits per heavy atom. The molecule has 0 aliphatic rings. The van der Waals surface area contributed by atoms with Crippen LogP contribution in [0.4, 0.5) is 10.1 Å². The monoisotopic (exact) mass is 273 g/mol. The van der Waals surface area contributed by atoms with Crippen molar-refractivity contribution in [1.82, 2.24) is 0 Å². The van der Waals surface area contributed by atoms with E-state index < -0.39 is 0 Å². The molecule has 0 amide bonds. The fourth-order valence-corrected chi connectivity index (χ4v) is 1.97. The Morgan fingerprint density at radius 1 is 1.33 bits per heavy atom. The van der Waals surface area contributed by atoms with Crippen molar-refractivity contribution in [1.29, 1.82) is 0 Å². The van der Waals surface area contributed by atoms with Crippen molar-refractivity contribution in [2.24, 2.45) is 0 Å². The number of hydrogen-bond donors (Lipinski definition) is 1. The molecule has 1 aromatic rings. The van der Waals surface area contributed by atoms with Crippen molar-refractivity contribution in [3.05, 3.63) is 28.0 Å². The first-order valence-electron chi connectivity index (χ1n) is 5.30. The van der Waals surface area contributed by atoms with Gasteiger partial charge in [-0.05, 0) is 53.4 Å². The van der Waals surface area contributed by atoms with Gasteiger partial charge in [0, 0.05) is 11.7 Å². The summed E-state index contributed by atoms with van der Waals surface area (Å²) in [6.07, 6.45) is 2.10. The predicted molar refractivity (Wildman–Crippen MR) is 66.8 cm³/mol. The first-order chi connectivity index (χ1) is 7.08. The van der Waals surface area contributed by atoms with Crippen molar-refractivity contribution >= 4 is 21.6 Å². The standard InChI is InChI=1S/C12H17BrFN/c1-4-9(5-2)15-12-7-11(14)10(13)6-8(12)3/h6-7,9,15H,4-5H2,1-3H3. The molecule has 1 N–H and O–H groups in total.